The number of sulfone groups is 1. The predicted octanol–water partition coefficient (Wildman–Crippen LogP) is 3.92. The van der Waals surface area contributed by atoms with E-state index in [1.54, 1.807) is 0 Å². The van der Waals surface area contributed by atoms with Crippen molar-refractivity contribution < 1.29 is 8.42 Å². The Bertz CT molecular complexity index is 616. The highest BCUT2D eigenvalue weighted by Gasteiger charge is 2.39. The highest BCUT2D eigenvalue weighted by atomic mass is 35.5. The molecule has 2 rings (SSSR count). The second-order valence-corrected chi connectivity index (χ2v) is 9.12. The highest BCUT2D eigenvalue weighted by molar-refractivity contribution is 7.92. The van der Waals surface area contributed by atoms with E-state index in [0.717, 1.165) is 12.8 Å². The summed E-state index contributed by atoms with van der Waals surface area (Å²) in [5, 5.41) is 0.0574. The molecule has 21 heavy (non-hydrogen) atoms. The van der Waals surface area contributed by atoms with Crippen molar-refractivity contribution in [1.82, 2.24) is 0 Å². The molecule has 118 valence electrons. The lowest BCUT2D eigenvalue weighted by Crippen LogP contribution is -2.45. The summed E-state index contributed by atoms with van der Waals surface area (Å²) in [6, 6.07) is 4.13. The summed E-state index contributed by atoms with van der Waals surface area (Å²) >= 11 is 11.8. The van der Waals surface area contributed by atoms with E-state index in [-0.39, 0.29) is 16.0 Å². The highest BCUT2D eigenvalue weighted by Crippen LogP contribution is 2.36. The van der Waals surface area contributed by atoms with Crippen LogP contribution in [0.15, 0.2) is 23.1 Å². The van der Waals surface area contributed by atoms with Crippen molar-refractivity contribution in [3.8, 4) is 0 Å². The molecule has 0 bridgehead atoms. The van der Waals surface area contributed by atoms with Crippen molar-refractivity contribution in [2.24, 2.45) is 17.6 Å². The maximum absolute atomic E-state index is 12.8. The second-order valence-electron chi connectivity index (χ2n) is 6.14. The zero-order valence-corrected chi connectivity index (χ0v) is 14.5. The van der Waals surface area contributed by atoms with Gasteiger partial charge in [0.2, 0.25) is 0 Å². The first-order valence-electron chi connectivity index (χ1n) is 7.18. The van der Waals surface area contributed by atoms with Crippen LogP contribution in [-0.2, 0) is 9.84 Å². The van der Waals surface area contributed by atoms with Gasteiger partial charge in [0.05, 0.1) is 20.2 Å². The molecule has 0 saturated heterocycles. The molecule has 0 radical (unpaired) electrons. The third kappa shape index (κ3) is 3.55. The molecule has 0 aromatic heterocycles. The molecular weight excluding hydrogens is 329 g/mol. The first-order chi connectivity index (χ1) is 9.73. The smallest absolute Gasteiger partial charge is 0.182 e. The van der Waals surface area contributed by atoms with Crippen molar-refractivity contribution in [2.75, 3.05) is 0 Å². The van der Waals surface area contributed by atoms with Gasteiger partial charge in [0, 0.05) is 6.04 Å². The molecule has 3 atom stereocenters. The zero-order chi connectivity index (χ0) is 15.8. The molecular formula is C15H21Cl2NO2S. The van der Waals surface area contributed by atoms with Gasteiger partial charge >= 0.3 is 0 Å². The van der Waals surface area contributed by atoms with E-state index in [4.69, 9.17) is 28.9 Å². The topological polar surface area (TPSA) is 60.2 Å². The number of rotatable bonds is 3. The molecule has 1 aliphatic rings. The molecule has 0 spiro atoms. The van der Waals surface area contributed by atoms with Crippen LogP contribution in [-0.4, -0.2) is 19.7 Å². The van der Waals surface area contributed by atoms with Gasteiger partial charge in [-0.15, -0.1) is 0 Å². The summed E-state index contributed by atoms with van der Waals surface area (Å²) in [4.78, 5) is 0.210. The van der Waals surface area contributed by atoms with Crippen LogP contribution in [0, 0.1) is 11.8 Å². The van der Waals surface area contributed by atoms with Gasteiger partial charge in [-0.05, 0) is 49.3 Å². The summed E-state index contributed by atoms with van der Waals surface area (Å²) in [5.41, 5.74) is 6.09. The summed E-state index contributed by atoms with van der Waals surface area (Å²) in [6.45, 7) is 4.26. The number of hydrogen-bond donors (Lipinski definition) is 1. The van der Waals surface area contributed by atoms with Gasteiger partial charge < -0.3 is 5.73 Å². The molecule has 1 fully saturated rings. The fraction of sp³-hybridized carbons (Fsp3) is 0.600. The molecule has 2 N–H and O–H groups in total. The van der Waals surface area contributed by atoms with Crippen LogP contribution in [0.4, 0.5) is 0 Å². The van der Waals surface area contributed by atoms with Crippen molar-refractivity contribution in [1.29, 1.82) is 0 Å². The Morgan fingerprint density at radius 3 is 2.43 bits per heavy atom. The van der Waals surface area contributed by atoms with Crippen LogP contribution in [0.1, 0.15) is 33.1 Å². The second kappa shape index (κ2) is 6.45. The van der Waals surface area contributed by atoms with E-state index >= 15 is 0 Å². The maximum atomic E-state index is 12.8. The largest absolute Gasteiger partial charge is 0.327 e. The van der Waals surface area contributed by atoms with E-state index in [1.807, 2.05) is 0 Å². The quantitative estimate of drug-likeness (QED) is 0.899. The first kappa shape index (κ1) is 17.1. The zero-order valence-electron chi connectivity index (χ0n) is 12.2. The van der Waals surface area contributed by atoms with Gasteiger partial charge in [-0.1, -0.05) is 37.0 Å². The number of nitrogens with two attached hydrogens (primary N) is 1. The molecule has 3 nitrogen and oxygen atoms in total. The minimum atomic E-state index is -3.49. The van der Waals surface area contributed by atoms with Crippen molar-refractivity contribution in [2.45, 2.75) is 49.3 Å². The Balaban J connectivity index is 2.34. The molecule has 6 heteroatoms. The molecule has 1 saturated carbocycles. The number of halogens is 2. The Morgan fingerprint density at radius 2 is 1.86 bits per heavy atom. The van der Waals surface area contributed by atoms with Gasteiger partial charge in [-0.25, -0.2) is 8.42 Å². The fourth-order valence-electron chi connectivity index (χ4n) is 2.97. The van der Waals surface area contributed by atoms with E-state index < -0.39 is 15.1 Å². The third-order valence-corrected chi connectivity index (χ3v) is 7.43. The number of hydrogen-bond acceptors (Lipinski definition) is 3. The Morgan fingerprint density at radius 1 is 1.19 bits per heavy atom. The van der Waals surface area contributed by atoms with Gasteiger partial charge in [0.1, 0.15) is 0 Å². The van der Waals surface area contributed by atoms with Gasteiger partial charge in [0.25, 0.3) is 0 Å². The lowest BCUT2D eigenvalue weighted by atomic mass is 9.79. The molecule has 0 heterocycles. The minimum Gasteiger partial charge on any atom is -0.327 e. The van der Waals surface area contributed by atoms with E-state index in [0.29, 0.717) is 23.3 Å². The Kier molecular flexibility index (Phi) is 5.24. The molecule has 1 aromatic carbocycles. The van der Waals surface area contributed by atoms with E-state index in [9.17, 15) is 8.42 Å². The molecule has 3 unspecified atom stereocenters. The SMILES string of the molecule is CC(C)C1CCC(N)C(S(=O)(=O)c2ccc(Cl)c(Cl)c2)C1. The predicted molar refractivity (Wildman–Crippen MR) is 87.6 cm³/mol. The summed E-state index contributed by atoms with van der Waals surface area (Å²) in [6.07, 6.45) is 2.35. The monoisotopic (exact) mass is 349 g/mol. The molecule has 1 aromatic rings. The van der Waals surface area contributed by atoms with E-state index in [2.05, 4.69) is 13.8 Å². The van der Waals surface area contributed by atoms with Crippen LogP contribution in [0.5, 0.6) is 0 Å². The van der Waals surface area contributed by atoms with Crippen molar-refractivity contribution >= 4 is 33.0 Å². The van der Waals surface area contributed by atoms with E-state index in [1.165, 1.54) is 18.2 Å². The van der Waals surface area contributed by atoms with Crippen LogP contribution in [0.2, 0.25) is 10.0 Å². The Labute approximate surface area is 136 Å². The average Bonchev–Trinajstić information content (AvgIpc) is 2.41. The normalized spacial score (nSPS) is 27.0. The molecule has 0 aliphatic heterocycles. The van der Waals surface area contributed by atoms with Crippen LogP contribution >= 0.6 is 23.2 Å². The van der Waals surface area contributed by atoms with Crippen LogP contribution in [0.25, 0.3) is 0 Å². The first-order valence-corrected chi connectivity index (χ1v) is 9.48. The maximum Gasteiger partial charge on any atom is 0.182 e. The summed E-state index contributed by atoms with van der Waals surface area (Å²) in [5.74, 6) is 0.858. The van der Waals surface area contributed by atoms with Crippen molar-refractivity contribution in [3.05, 3.63) is 28.2 Å². The standard InChI is InChI=1S/C15H21Cl2NO2S/c1-9(2)10-3-6-14(18)15(7-10)21(19,20)11-4-5-12(16)13(17)8-11/h4-5,8-10,14-15H,3,6-7,18H2,1-2H3. The van der Waals surface area contributed by atoms with Crippen LogP contribution < -0.4 is 5.73 Å². The van der Waals surface area contributed by atoms with Gasteiger partial charge in [0.15, 0.2) is 9.84 Å². The summed E-state index contributed by atoms with van der Waals surface area (Å²) in [7, 11) is -3.49. The average molecular weight is 350 g/mol. The van der Waals surface area contributed by atoms with Crippen LogP contribution in [0.3, 0.4) is 0 Å². The number of benzene rings is 1. The minimum absolute atomic E-state index is 0.210. The Hall–Kier alpha value is -0.290. The summed E-state index contributed by atoms with van der Waals surface area (Å²) < 4.78 is 25.7. The fourth-order valence-corrected chi connectivity index (χ4v) is 5.32. The third-order valence-electron chi connectivity index (χ3n) is 4.44. The van der Waals surface area contributed by atoms with Crippen molar-refractivity contribution in [3.63, 3.8) is 0 Å². The lowest BCUT2D eigenvalue weighted by molar-refractivity contribution is 0.261. The molecule has 0 amide bonds. The van der Waals surface area contributed by atoms with Gasteiger partial charge in [-0.2, -0.15) is 0 Å². The molecule has 1 aliphatic carbocycles. The van der Waals surface area contributed by atoms with Gasteiger partial charge in [-0.3, -0.25) is 0 Å². The lowest BCUT2D eigenvalue weighted by Gasteiger charge is -2.35.